The second-order valence-electron chi connectivity index (χ2n) is 7.52. The van der Waals surface area contributed by atoms with Gasteiger partial charge in [-0.15, -0.1) is 0 Å². The molecule has 0 amide bonds. The number of carbonyl (C=O) groups excluding carboxylic acids is 2. The van der Waals surface area contributed by atoms with E-state index >= 15 is 0 Å². The number of ketones is 2. The number of rotatable bonds is 14. The second-order valence-corrected chi connectivity index (χ2v) is 7.52. The Hall–Kier alpha value is -1.75. The van der Waals surface area contributed by atoms with Crippen molar-refractivity contribution in [1.29, 1.82) is 0 Å². The van der Waals surface area contributed by atoms with Gasteiger partial charge in [0, 0.05) is 24.8 Å². The van der Waals surface area contributed by atoms with Crippen molar-refractivity contribution in [2.45, 2.75) is 96.5 Å². The molecule has 27 heavy (non-hydrogen) atoms. The number of unbranched alkanes of at least 4 members (excludes halogenated alkanes) is 2. The Bertz CT molecular complexity index is 588. The zero-order valence-corrected chi connectivity index (χ0v) is 16.8. The molecule has 0 bridgehead atoms. The van der Waals surface area contributed by atoms with E-state index < -0.39 is 11.6 Å². The summed E-state index contributed by atoms with van der Waals surface area (Å²) in [6, 6.07) is 0. The largest absolute Gasteiger partial charge is 0.481 e. The molecule has 0 heterocycles. The van der Waals surface area contributed by atoms with Crippen LogP contribution < -0.4 is 0 Å². The summed E-state index contributed by atoms with van der Waals surface area (Å²) in [7, 11) is 0. The summed E-state index contributed by atoms with van der Waals surface area (Å²) in [5, 5.41) is 19.3. The zero-order chi connectivity index (χ0) is 20.3. The van der Waals surface area contributed by atoms with Gasteiger partial charge in [-0.2, -0.15) is 0 Å². The minimum absolute atomic E-state index is 0.0420. The fourth-order valence-electron chi connectivity index (χ4n) is 3.46. The third kappa shape index (κ3) is 8.65. The minimum atomic E-state index is -0.965. The van der Waals surface area contributed by atoms with E-state index in [2.05, 4.69) is 6.92 Å². The van der Waals surface area contributed by atoms with E-state index in [1.807, 2.05) is 6.92 Å². The van der Waals surface area contributed by atoms with Crippen molar-refractivity contribution in [3.05, 3.63) is 23.3 Å². The van der Waals surface area contributed by atoms with Crippen LogP contribution in [0.1, 0.15) is 90.9 Å². The Morgan fingerprint density at radius 1 is 1.07 bits per heavy atom. The average Bonchev–Trinajstić information content (AvgIpc) is 2.98. The lowest BCUT2D eigenvalue weighted by Gasteiger charge is -2.26. The van der Waals surface area contributed by atoms with Gasteiger partial charge in [-0.3, -0.25) is 14.4 Å². The first-order valence-corrected chi connectivity index (χ1v) is 10.2. The Morgan fingerprint density at radius 3 is 2.44 bits per heavy atom. The first kappa shape index (κ1) is 23.3. The zero-order valence-electron chi connectivity index (χ0n) is 16.8. The molecule has 0 saturated carbocycles. The molecule has 0 aromatic heterocycles. The van der Waals surface area contributed by atoms with Crippen molar-refractivity contribution < 1.29 is 24.6 Å². The van der Waals surface area contributed by atoms with Crippen LogP contribution >= 0.6 is 0 Å². The summed E-state index contributed by atoms with van der Waals surface area (Å²) in [5.74, 6) is -0.759. The molecular formula is C22H34O5. The fraction of sp³-hybridized carbons (Fsp3) is 0.682. The quantitative estimate of drug-likeness (QED) is 0.342. The van der Waals surface area contributed by atoms with Crippen molar-refractivity contribution >= 4 is 17.5 Å². The number of aliphatic carboxylic acids is 1. The van der Waals surface area contributed by atoms with Gasteiger partial charge >= 0.3 is 5.97 Å². The van der Waals surface area contributed by atoms with Gasteiger partial charge in [0.15, 0.2) is 11.6 Å². The molecule has 5 nitrogen and oxygen atoms in total. The highest BCUT2D eigenvalue weighted by Crippen LogP contribution is 2.31. The van der Waals surface area contributed by atoms with Crippen LogP contribution in [0.5, 0.6) is 0 Å². The topological polar surface area (TPSA) is 91.7 Å². The third-order valence-electron chi connectivity index (χ3n) is 5.38. The highest BCUT2D eigenvalue weighted by atomic mass is 16.4. The Kier molecular flexibility index (Phi) is 10.2. The lowest BCUT2D eigenvalue weighted by atomic mass is 9.88. The maximum atomic E-state index is 12.1. The van der Waals surface area contributed by atoms with Crippen LogP contribution in [0.3, 0.4) is 0 Å². The first-order valence-electron chi connectivity index (χ1n) is 10.2. The van der Waals surface area contributed by atoms with Crippen molar-refractivity contribution in [3.8, 4) is 0 Å². The van der Waals surface area contributed by atoms with Gasteiger partial charge in [0.1, 0.15) is 0 Å². The molecule has 2 N–H and O–H groups in total. The van der Waals surface area contributed by atoms with Crippen molar-refractivity contribution in [3.63, 3.8) is 0 Å². The summed E-state index contributed by atoms with van der Waals surface area (Å²) >= 11 is 0. The smallest absolute Gasteiger partial charge is 0.303 e. The highest BCUT2D eigenvalue weighted by molar-refractivity contribution is 6.03. The molecule has 152 valence electrons. The predicted octanol–water partition coefficient (Wildman–Crippen LogP) is 4.53. The summed E-state index contributed by atoms with van der Waals surface area (Å²) in [4.78, 5) is 34.8. The van der Waals surface area contributed by atoms with Crippen molar-refractivity contribution in [2.24, 2.45) is 0 Å². The van der Waals surface area contributed by atoms with Gasteiger partial charge in [-0.1, -0.05) is 32.3 Å². The van der Waals surface area contributed by atoms with Crippen LogP contribution in [-0.2, 0) is 14.4 Å². The van der Waals surface area contributed by atoms with E-state index in [0.29, 0.717) is 50.5 Å². The molecule has 0 fully saturated rings. The number of Topliss-reactive ketones (excluding diaryl/α,β-unsaturated/α-hetero) is 1. The molecule has 1 aliphatic carbocycles. The predicted molar refractivity (Wildman–Crippen MR) is 106 cm³/mol. The Balaban J connectivity index is 2.60. The maximum absolute atomic E-state index is 12.1. The molecule has 1 atom stereocenters. The van der Waals surface area contributed by atoms with Crippen LogP contribution in [0.4, 0.5) is 0 Å². The van der Waals surface area contributed by atoms with Crippen molar-refractivity contribution in [2.75, 3.05) is 0 Å². The molecule has 0 aliphatic heterocycles. The maximum Gasteiger partial charge on any atom is 0.303 e. The molecule has 0 radical (unpaired) electrons. The molecule has 5 heteroatoms. The second kappa shape index (κ2) is 11.9. The van der Waals surface area contributed by atoms with E-state index in [1.165, 1.54) is 6.08 Å². The van der Waals surface area contributed by atoms with Crippen molar-refractivity contribution in [1.82, 2.24) is 0 Å². The van der Waals surface area contributed by atoms with Gasteiger partial charge < -0.3 is 10.2 Å². The number of aliphatic hydroxyl groups is 1. The summed E-state index contributed by atoms with van der Waals surface area (Å²) in [6.07, 6.45) is 10.5. The van der Waals surface area contributed by atoms with Crippen LogP contribution in [0.2, 0.25) is 0 Å². The van der Waals surface area contributed by atoms with Gasteiger partial charge in [0.25, 0.3) is 0 Å². The molecule has 1 unspecified atom stereocenters. The van der Waals surface area contributed by atoms with Crippen LogP contribution in [0.25, 0.3) is 0 Å². The molecule has 0 saturated heterocycles. The first-order chi connectivity index (χ1) is 12.8. The van der Waals surface area contributed by atoms with E-state index in [4.69, 9.17) is 5.11 Å². The molecule has 1 rings (SSSR count). The molecule has 0 aromatic rings. The van der Waals surface area contributed by atoms with Gasteiger partial charge in [-0.25, -0.2) is 0 Å². The van der Waals surface area contributed by atoms with Crippen LogP contribution in [0, 0.1) is 0 Å². The lowest BCUT2D eigenvalue weighted by Crippen LogP contribution is -2.28. The number of allylic oxidation sites excluding steroid dienone is 4. The summed E-state index contributed by atoms with van der Waals surface area (Å²) in [5.41, 5.74) is 0.742. The number of carboxylic acids is 1. The van der Waals surface area contributed by atoms with E-state index in [1.54, 1.807) is 6.08 Å². The average molecular weight is 379 g/mol. The monoisotopic (exact) mass is 378 g/mol. The molecule has 0 spiro atoms. The number of hydrogen-bond donors (Lipinski definition) is 2. The van der Waals surface area contributed by atoms with E-state index in [9.17, 15) is 19.5 Å². The Morgan fingerprint density at radius 2 is 1.81 bits per heavy atom. The van der Waals surface area contributed by atoms with Gasteiger partial charge in [0.05, 0.1) is 5.60 Å². The van der Waals surface area contributed by atoms with Crippen LogP contribution in [-0.4, -0.2) is 33.3 Å². The standard InChI is InChI=1S/C22H34O5/c1-3-5-6-9-18(23)11-12-19-17(10-13-20(19)24)8-7-15-22(27,4-2)16-14-21(25)26/h11-12,27H,3-10,13-16H2,1-2H3,(H,25,26)/b12-11+. The van der Waals surface area contributed by atoms with Gasteiger partial charge in [0.2, 0.25) is 0 Å². The summed E-state index contributed by atoms with van der Waals surface area (Å²) in [6.45, 7) is 3.95. The lowest BCUT2D eigenvalue weighted by molar-refractivity contribution is -0.138. The third-order valence-corrected chi connectivity index (χ3v) is 5.38. The number of hydrogen-bond acceptors (Lipinski definition) is 4. The number of carbonyl (C=O) groups is 3. The van der Waals surface area contributed by atoms with Crippen LogP contribution in [0.15, 0.2) is 23.3 Å². The van der Waals surface area contributed by atoms with E-state index in [0.717, 1.165) is 24.8 Å². The normalized spacial score (nSPS) is 16.9. The molecule has 1 aliphatic rings. The SMILES string of the molecule is CCCCCC(=O)/C=C/C1=C(CCCC(O)(CC)CCC(=O)O)CCC1=O. The highest BCUT2D eigenvalue weighted by Gasteiger charge is 2.26. The molecule has 0 aromatic carbocycles. The van der Waals surface area contributed by atoms with E-state index in [-0.39, 0.29) is 24.4 Å². The van der Waals surface area contributed by atoms with Gasteiger partial charge in [-0.05, 0) is 57.1 Å². The minimum Gasteiger partial charge on any atom is -0.481 e. The Labute approximate surface area is 162 Å². The number of carboxylic acid groups (broad SMARTS) is 1. The fourth-order valence-corrected chi connectivity index (χ4v) is 3.46. The molecular weight excluding hydrogens is 344 g/mol. The summed E-state index contributed by atoms with van der Waals surface area (Å²) < 4.78 is 0.